The van der Waals surface area contributed by atoms with Crippen molar-refractivity contribution in [1.82, 2.24) is 24.3 Å². The Kier molecular flexibility index (Phi) is 7.58. The van der Waals surface area contributed by atoms with Gasteiger partial charge >= 0.3 is 0 Å². The van der Waals surface area contributed by atoms with E-state index in [9.17, 15) is 18.3 Å². The van der Waals surface area contributed by atoms with E-state index < -0.39 is 15.7 Å². The highest BCUT2D eigenvalue weighted by Gasteiger charge is 2.37. The lowest BCUT2D eigenvalue weighted by Crippen LogP contribution is -2.25. The molecule has 0 saturated carbocycles. The van der Waals surface area contributed by atoms with Gasteiger partial charge in [-0.05, 0) is 61.4 Å². The first kappa shape index (κ1) is 27.7. The zero-order valence-corrected chi connectivity index (χ0v) is 23.3. The highest BCUT2D eigenvalue weighted by atomic mass is 32.2. The molecular formula is C28H32N6O5S. The number of anilines is 2. The first-order valence-corrected chi connectivity index (χ1v) is 15.0. The normalized spacial score (nSPS) is 16.8. The number of nitrogens with zero attached hydrogens (tertiary/aromatic N) is 5. The predicted octanol–water partition coefficient (Wildman–Crippen LogP) is 3.36. The molecule has 3 heterocycles. The van der Waals surface area contributed by atoms with Gasteiger partial charge in [-0.1, -0.05) is 31.2 Å². The molecule has 12 heteroatoms. The molecule has 0 radical (unpaired) electrons. The summed E-state index contributed by atoms with van der Waals surface area (Å²) < 4.78 is 30.1. The van der Waals surface area contributed by atoms with Crippen LogP contribution >= 0.6 is 0 Å². The molecule has 0 saturated heterocycles. The van der Waals surface area contributed by atoms with Crippen LogP contribution in [0.3, 0.4) is 0 Å². The molecule has 0 fully saturated rings. The average Bonchev–Trinajstić information content (AvgIpc) is 3.41. The number of allylic oxidation sites excluding steroid dienone is 1. The lowest BCUT2D eigenvalue weighted by molar-refractivity contribution is 0.0306. The second-order valence-corrected chi connectivity index (χ2v) is 11.6. The Morgan fingerprint density at radius 2 is 1.98 bits per heavy atom. The van der Waals surface area contributed by atoms with Gasteiger partial charge in [-0.15, -0.1) is 6.58 Å². The molecular weight excluding hydrogens is 532 g/mol. The van der Waals surface area contributed by atoms with Crippen LogP contribution < -0.4 is 10.9 Å². The van der Waals surface area contributed by atoms with E-state index in [0.29, 0.717) is 54.2 Å². The van der Waals surface area contributed by atoms with Crippen LogP contribution in [0.5, 0.6) is 0 Å². The summed E-state index contributed by atoms with van der Waals surface area (Å²) in [6.45, 7) is 6.11. The Balaban J connectivity index is 1.44. The minimum absolute atomic E-state index is 0.136. The molecule has 1 aromatic carbocycles. The minimum atomic E-state index is -3.44. The molecule has 0 amide bonds. The third kappa shape index (κ3) is 5.55. The number of aromatic nitrogens is 5. The third-order valence-electron chi connectivity index (χ3n) is 7.11. The van der Waals surface area contributed by atoms with Crippen LogP contribution in [0.15, 0.2) is 60.0 Å². The van der Waals surface area contributed by atoms with E-state index in [4.69, 9.17) is 9.17 Å². The number of nitrogens with one attached hydrogen (secondary N) is 1. The summed E-state index contributed by atoms with van der Waals surface area (Å²) >= 11 is 0. The third-order valence-corrected chi connectivity index (χ3v) is 7.70. The first-order valence-electron chi connectivity index (χ1n) is 13.1. The van der Waals surface area contributed by atoms with Crippen LogP contribution in [0.2, 0.25) is 0 Å². The number of pyridine rings is 1. The van der Waals surface area contributed by atoms with Crippen LogP contribution in [-0.2, 0) is 39.3 Å². The molecule has 0 bridgehead atoms. The highest BCUT2D eigenvalue weighted by Crippen LogP contribution is 2.38. The smallest absolute Gasteiger partial charge is 0.278 e. The number of fused-ring (bicyclic) bond motifs is 2. The summed E-state index contributed by atoms with van der Waals surface area (Å²) in [4.78, 5) is 27.1. The Labute approximate surface area is 232 Å². The van der Waals surface area contributed by atoms with Gasteiger partial charge in [0.05, 0.1) is 25.1 Å². The average molecular weight is 565 g/mol. The minimum Gasteiger partial charge on any atom is -0.384 e. The summed E-state index contributed by atoms with van der Waals surface area (Å²) in [5.41, 5.74) is 2.55. The number of aliphatic hydroxyl groups is 1. The van der Waals surface area contributed by atoms with Gasteiger partial charge in [-0.2, -0.15) is 13.4 Å². The molecule has 0 spiro atoms. The molecule has 2 N–H and O–H groups in total. The first-order chi connectivity index (χ1) is 19.1. The summed E-state index contributed by atoms with van der Waals surface area (Å²) in [7, 11) is -3.44. The zero-order chi connectivity index (χ0) is 28.5. The SMILES string of the molecule is C=CCn1c(=O)c2cnc(Nc3ccc(CCCOS(C)(=O)=O)cc3)nc2n1-c1ccc2c(n1)[C@@](O)(CC)CC2. The van der Waals surface area contributed by atoms with Crippen LogP contribution in [0.25, 0.3) is 16.9 Å². The van der Waals surface area contributed by atoms with Gasteiger partial charge < -0.3 is 10.4 Å². The van der Waals surface area contributed by atoms with Crippen molar-refractivity contribution in [3.8, 4) is 5.82 Å². The quantitative estimate of drug-likeness (QED) is 0.159. The molecule has 0 unspecified atom stereocenters. The van der Waals surface area contributed by atoms with Gasteiger partial charge in [0.2, 0.25) is 5.95 Å². The van der Waals surface area contributed by atoms with Crippen LogP contribution in [0.1, 0.15) is 43.0 Å². The molecule has 4 aromatic rings. The fourth-order valence-electron chi connectivity index (χ4n) is 4.98. The van der Waals surface area contributed by atoms with Crippen molar-refractivity contribution in [1.29, 1.82) is 0 Å². The van der Waals surface area contributed by atoms with E-state index in [0.717, 1.165) is 29.5 Å². The maximum atomic E-state index is 13.3. The van der Waals surface area contributed by atoms with E-state index in [2.05, 4.69) is 21.9 Å². The molecule has 3 aromatic heterocycles. The monoisotopic (exact) mass is 564 g/mol. The lowest BCUT2D eigenvalue weighted by atomic mass is 9.98. The van der Waals surface area contributed by atoms with Crippen molar-refractivity contribution in [2.45, 2.75) is 51.2 Å². The molecule has 1 atom stereocenters. The summed E-state index contributed by atoms with van der Waals surface area (Å²) in [5, 5.41) is 14.6. The maximum absolute atomic E-state index is 13.3. The second-order valence-electron chi connectivity index (χ2n) is 9.93. The Hall–Kier alpha value is -3.87. The number of hydrogen-bond acceptors (Lipinski definition) is 9. The number of benzene rings is 1. The molecule has 1 aliphatic carbocycles. The van der Waals surface area contributed by atoms with Crippen LogP contribution in [-0.4, -0.2) is 50.7 Å². The molecule has 0 aliphatic heterocycles. The van der Waals surface area contributed by atoms with Crippen molar-refractivity contribution >= 4 is 32.8 Å². The molecule has 5 rings (SSSR count). The van der Waals surface area contributed by atoms with Crippen molar-refractivity contribution in [3.05, 3.63) is 82.4 Å². The predicted molar refractivity (Wildman–Crippen MR) is 152 cm³/mol. The van der Waals surface area contributed by atoms with Gasteiger partial charge in [-0.25, -0.2) is 19.3 Å². The molecule has 1 aliphatic rings. The van der Waals surface area contributed by atoms with E-state index >= 15 is 0 Å². The Morgan fingerprint density at radius 3 is 2.67 bits per heavy atom. The summed E-state index contributed by atoms with van der Waals surface area (Å²) in [6, 6.07) is 11.4. The van der Waals surface area contributed by atoms with Gasteiger partial charge in [0.1, 0.15) is 11.0 Å². The standard InChI is InChI=1S/C28H32N6O5S/c1-4-16-33-26(35)22-18-29-27(30-21-11-8-19(9-12-21)7-6-17-39-40(3,37)38)32-25(22)34(33)23-13-10-20-14-15-28(36,5-2)24(20)31-23/h4,8-13,18,36H,1,5-7,14-17H2,2-3H3,(H,29,30,32)/t28-/m1/s1. The van der Waals surface area contributed by atoms with E-state index in [-0.39, 0.29) is 18.7 Å². The Morgan fingerprint density at radius 1 is 1.20 bits per heavy atom. The fraction of sp³-hybridized carbons (Fsp3) is 0.357. The molecule has 11 nitrogen and oxygen atoms in total. The zero-order valence-electron chi connectivity index (χ0n) is 22.5. The van der Waals surface area contributed by atoms with E-state index in [1.165, 1.54) is 10.9 Å². The summed E-state index contributed by atoms with van der Waals surface area (Å²) in [6.07, 6.45) is 7.32. The van der Waals surface area contributed by atoms with Crippen molar-refractivity contribution in [3.63, 3.8) is 0 Å². The number of rotatable bonds is 11. The van der Waals surface area contributed by atoms with Crippen molar-refractivity contribution in [2.24, 2.45) is 0 Å². The topological polar surface area (TPSA) is 141 Å². The largest absolute Gasteiger partial charge is 0.384 e. The van der Waals surface area contributed by atoms with Crippen molar-refractivity contribution < 1.29 is 17.7 Å². The lowest BCUT2D eigenvalue weighted by Gasteiger charge is -2.21. The van der Waals surface area contributed by atoms with Crippen molar-refractivity contribution in [2.75, 3.05) is 18.2 Å². The second kappa shape index (κ2) is 11.0. The summed E-state index contributed by atoms with van der Waals surface area (Å²) in [5.74, 6) is 0.785. The van der Waals surface area contributed by atoms with E-state index in [1.807, 2.05) is 43.3 Å². The number of aryl methyl sites for hydroxylation is 2. The van der Waals surface area contributed by atoms with Crippen LogP contribution in [0, 0.1) is 0 Å². The van der Waals surface area contributed by atoms with Crippen LogP contribution in [0.4, 0.5) is 11.6 Å². The van der Waals surface area contributed by atoms with Gasteiger partial charge in [0, 0.05) is 11.9 Å². The number of hydrogen-bond donors (Lipinski definition) is 2. The molecule has 210 valence electrons. The van der Waals surface area contributed by atoms with Gasteiger partial charge in [0.25, 0.3) is 15.7 Å². The van der Waals surface area contributed by atoms with Gasteiger partial charge in [-0.3, -0.25) is 8.98 Å². The fourth-order valence-corrected chi connectivity index (χ4v) is 5.40. The highest BCUT2D eigenvalue weighted by molar-refractivity contribution is 7.85. The molecule has 40 heavy (non-hydrogen) atoms. The van der Waals surface area contributed by atoms with Gasteiger partial charge in [0.15, 0.2) is 11.5 Å². The Bertz CT molecular complexity index is 1730. The van der Waals surface area contributed by atoms with E-state index in [1.54, 1.807) is 10.8 Å². The maximum Gasteiger partial charge on any atom is 0.278 e.